The summed E-state index contributed by atoms with van der Waals surface area (Å²) in [4.78, 5) is 28.3. The van der Waals surface area contributed by atoms with Crippen LogP contribution in [0.15, 0.2) is 42.6 Å². The number of benzene rings is 2. The second-order valence-electron chi connectivity index (χ2n) is 7.38. The maximum atomic E-state index is 13.2. The summed E-state index contributed by atoms with van der Waals surface area (Å²) in [6, 6.07) is 10.4. The van der Waals surface area contributed by atoms with Crippen molar-refractivity contribution in [3.05, 3.63) is 69.4 Å². The van der Waals surface area contributed by atoms with E-state index in [0.717, 1.165) is 29.3 Å². The number of nitrogens with one attached hydrogen (secondary N) is 1. The molecule has 1 aliphatic rings. The van der Waals surface area contributed by atoms with Crippen LogP contribution in [0.4, 0.5) is 5.69 Å². The molecule has 4 rings (SSSR count). The molecular weight excluding hydrogens is 386 g/mol. The third-order valence-electron chi connectivity index (χ3n) is 5.52. The van der Waals surface area contributed by atoms with Crippen LogP contribution in [0.5, 0.6) is 11.5 Å². The van der Waals surface area contributed by atoms with E-state index in [1.165, 1.54) is 19.2 Å². The van der Waals surface area contributed by atoms with Gasteiger partial charge in [0.2, 0.25) is 0 Å². The summed E-state index contributed by atoms with van der Waals surface area (Å²) in [5.74, 6) is 0.416. The fourth-order valence-electron chi connectivity index (χ4n) is 3.77. The predicted molar refractivity (Wildman–Crippen MR) is 111 cm³/mol. The summed E-state index contributed by atoms with van der Waals surface area (Å²) < 4.78 is 10.6. The molecule has 0 spiro atoms. The van der Waals surface area contributed by atoms with Crippen molar-refractivity contribution >= 4 is 22.5 Å². The summed E-state index contributed by atoms with van der Waals surface area (Å²) in [6.45, 7) is 1.67. The van der Waals surface area contributed by atoms with Crippen molar-refractivity contribution in [2.75, 3.05) is 14.2 Å². The number of aryl methyl sites for hydroxylation is 1. The zero-order valence-electron chi connectivity index (χ0n) is 16.9. The van der Waals surface area contributed by atoms with Crippen molar-refractivity contribution in [3.63, 3.8) is 0 Å². The molecule has 0 unspecified atom stereocenters. The number of methoxy groups -OCH3 is 2. The molecule has 8 nitrogen and oxygen atoms in total. The SMILES string of the molecule is COc1cc(C2(NC(=O)c3cc(OC)c([N+](=O)[O-])cc3C)CC2)c2cccnc2c1. The Bertz CT molecular complexity index is 1170. The van der Waals surface area contributed by atoms with Gasteiger partial charge in [-0.25, -0.2) is 0 Å². The number of aromatic nitrogens is 1. The van der Waals surface area contributed by atoms with E-state index in [1.54, 1.807) is 20.2 Å². The van der Waals surface area contributed by atoms with E-state index in [2.05, 4.69) is 10.3 Å². The van der Waals surface area contributed by atoms with Gasteiger partial charge in [0.05, 0.1) is 30.2 Å². The minimum absolute atomic E-state index is 0.0524. The number of nitrogens with zero attached hydrogens (tertiary/aromatic N) is 2. The molecule has 8 heteroatoms. The summed E-state index contributed by atoms with van der Waals surface area (Å²) in [7, 11) is 2.94. The van der Waals surface area contributed by atoms with Gasteiger partial charge in [-0.05, 0) is 43.0 Å². The molecule has 1 saturated carbocycles. The monoisotopic (exact) mass is 407 g/mol. The first-order valence-corrected chi connectivity index (χ1v) is 9.47. The van der Waals surface area contributed by atoms with Crippen LogP contribution in [-0.2, 0) is 5.54 Å². The highest BCUT2D eigenvalue weighted by Crippen LogP contribution is 2.49. The smallest absolute Gasteiger partial charge is 0.311 e. The highest BCUT2D eigenvalue weighted by Gasteiger charge is 2.47. The van der Waals surface area contributed by atoms with E-state index in [0.29, 0.717) is 16.9 Å². The minimum atomic E-state index is -0.533. The quantitative estimate of drug-likeness (QED) is 0.491. The van der Waals surface area contributed by atoms with Crippen LogP contribution in [-0.4, -0.2) is 30.0 Å². The Morgan fingerprint density at radius 2 is 1.97 bits per heavy atom. The number of hydrogen-bond acceptors (Lipinski definition) is 6. The highest BCUT2D eigenvalue weighted by atomic mass is 16.6. The Labute approximate surface area is 173 Å². The number of pyridine rings is 1. The summed E-state index contributed by atoms with van der Waals surface area (Å²) in [5, 5.41) is 15.3. The average molecular weight is 407 g/mol. The molecule has 2 aromatic carbocycles. The Morgan fingerprint density at radius 1 is 1.20 bits per heavy atom. The van der Waals surface area contributed by atoms with Crippen molar-refractivity contribution in [1.29, 1.82) is 0 Å². The van der Waals surface area contributed by atoms with Crippen LogP contribution in [0, 0.1) is 17.0 Å². The van der Waals surface area contributed by atoms with Gasteiger partial charge in [-0.3, -0.25) is 19.9 Å². The molecule has 0 radical (unpaired) electrons. The van der Waals surface area contributed by atoms with Crippen LogP contribution in [0.2, 0.25) is 0 Å². The Hall–Kier alpha value is -3.68. The van der Waals surface area contributed by atoms with Crippen molar-refractivity contribution in [2.24, 2.45) is 0 Å². The van der Waals surface area contributed by atoms with Crippen LogP contribution in [0.25, 0.3) is 10.9 Å². The molecule has 1 fully saturated rings. The summed E-state index contributed by atoms with van der Waals surface area (Å²) in [5.41, 5.74) is 1.89. The van der Waals surface area contributed by atoms with Gasteiger partial charge in [0.1, 0.15) is 5.75 Å². The topological polar surface area (TPSA) is 104 Å². The van der Waals surface area contributed by atoms with Crippen LogP contribution in [0.3, 0.4) is 0 Å². The second kappa shape index (κ2) is 7.29. The molecule has 1 heterocycles. The molecule has 1 N–H and O–H groups in total. The number of hydrogen-bond donors (Lipinski definition) is 1. The zero-order chi connectivity index (χ0) is 21.5. The number of amides is 1. The lowest BCUT2D eigenvalue weighted by molar-refractivity contribution is -0.385. The maximum Gasteiger partial charge on any atom is 0.311 e. The van der Waals surface area contributed by atoms with Crippen LogP contribution >= 0.6 is 0 Å². The average Bonchev–Trinajstić information content (AvgIpc) is 3.52. The lowest BCUT2D eigenvalue weighted by Gasteiger charge is -2.21. The molecular formula is C22H21N3O5. The van der Waals surface area contributed by atoms with E-state index < -0.39 is 10.5 Å². The predicted octanol–water partition coefficient (Wildman–Crippen LogP) is 3.89. The Morgan fingerprint density at radius 3 is 2.60 bits per heavy atom. The minimum Gasteiger partial charge on any atom is -0.497 e. The van der Waals surface area contributed by atoms with Gasteiger partial charge in [-0.2, -0.15) is 0 Å². The molecule has 1 amide bonds. The third kappa shape index (κ3) is 3.30. The van der Waals surface area contributed by atoms with Gasteiger partial charge in [0.15, 0.2) is 5.75 Å². The van der Waals surface area contributed by atoms with E-state index in [9.17, 15) is 14.9 Å². The van der Waals surface area contributed by atoms with Gasteiger partial charge in [-0.15, -0.1) is 0 Å². The lowest BCUT2D eigenvalue weighted by Crippen LogP contribution is -2.35. The molecule has 3 aromatic rings. The maximum absolute atomic E-state index is 13.2. The fourth-order valence-corrected chi connectivity index (χ4v) is 3.77. The molecule has 1 aromatic heterocycles. The number of nitro benzene ring substituents is 1. The zero-order valence-corrected chi connectivity index (χ0v) is 16.9. The van der Waals surface area contributed by atoms with Gasteiger partial charge in [0, 0.05) is 35.3 Å². The van der Waals surface area contributed by atoms with Crippen LogP contribution in [0.1, 0.15) is 34.3 Å². The molecule has 0 atom stereocenters. The van der Waals surface area contributed by atoms with E-state index in [-0.39, 0.29) is 17.3 Å². The molecule has 1 aliphatic carbocycles. The summed E-state index contributed by atoms with van der Waals surface area (Å²) >= 11 is 0. The van der Waals surface area contributed by atoms with Gasteiger partial charge in [-0.1, -0.05) is 6.07 Å². The Balaban J connectivity index is 1.73. The Kier molecular flexibility index (Phi) is 4.77. The first-order valence-electron chi connectivity index (χ1n) is 9.47. The fraction of sp³-hybridized carbons (Fsp3) is 0.273. The first kappa shape index (κ1) is 19.6. The molecule has 30 heavy (non-hydrogen) atoms. The molecule has 0 saturated heterocycles. The first-order chi connectivity index (χ1) is 14.4. The van der Waals surface area contributed by atoms with E-state index in [1.807, 2.05) is 24.3 Å². The van der Waals surface area contributed by atoms with Crippen molar-refractivity contribution in [1.82, 2.24) is 10.3 Å². The van der Waals surface area contributed by atoms with Crippen molar-refractivity contribution in [2.45, 2.75) is 25.3 Å². The molecule has 154 valence electrons. The number of carbonyl (C=O) groups excluding carboxylic acids is 1. The standard InChI is InChI=1S/C22H21N3O5/c1-13-9-19(25(27)28)20(30-3)12-16(13)21(26)24-22(6-7-22)17-10-14(29-2)11-18-15(17)5-4-8-23-18/h4-5,8-12H,6-7H2,1-3H3,(H,24,26). The third-order valence-corrected chi connectivity index (χ3v) is 5.52. The molecule has 0 aliphatic heterocycles. The lowest BCUT2D eigenvalue weighted by atomic mass is 9.97. The van der Waals surface area contributed by atoms with Gasteiger partial charge in [0.25, 0.3) is 5.91 Å². The second-order valence-corrected chi connectivity index (χ2v) is 7.38. The molecule has 0 bridgehead atoms. The van der Waals surface area contributed by atoms with Crippen molar-refractivity contribution < 1.29 is 19.2 Å². The number of rotatable bonds is 6. The van der Waals surface area contributed by atoms with Crippen LogP contribution < -0.4 is 14.8 Å². The highest BCUT2D eigenvalue weighted by molar-refractivity contribution is 5.98. The normalized spacial score (nSPS) is 14.2. The number of nitro groups is 1. The van der Waals surface area contributed by atoms with Crippen molar-refractivity contribution in [3.8, 4) is 11.5 Å². The van der Waals surface area contributed by atoms with Gasteiger partial charge < -0.3 is 14.8 Å². The number of fused-ring (bicyclic) bond motifs is 1. The number of carbonyl (C=O) groups is 1. The van der Waals surface area contributed by atoms with E-state index in [4.69, 9.17) is 9.47 Å². The van der Waals surface area contributed by atoms with E-state index >= 15 is 0 Å². The number of ether oxygens (including phenoxy) is 2. The largest absolute Gasteiger partial charge is 0.497 e. The van der Waals surface area contributed by atoms with Gasteiger partial charge >= 0.3 is 5.69 Å². The summed E-state index contributed by atoms with van der Waals surface area (Å²) in [6.07, 6.45) is 3.27.